The predicted octanol–water partition coefficient (Wildman–Crippen LogP) is 2.32. The molecule has 0 radical (unpaired) electrons. The van der Waals surface area contributed by atoms with Gasteiger partial charge in [-0.1, -0.05) is 25.1 Å². The van der Waals surface area contributed by atoms with Crippen molar-refractivity contribution in [3.63, 3.8) is 0 Å². The Bertz CT molecular complexity index is 480. The Kier molecular flexibility index (Phi) is 4.10. The molecule has 0 aromatic heterocycles. The number of hydrogen-bond donors (Lipinski definition) is 1. The van der Waals surface area contributed by atoms with Crippen molar-refractivity contribution in [2.45, 2.75) is 26.4 Å². The van der Waals surface area contributed by atoms with E-state index in [1.807, 2.05) is 6.07 Å². The van der Waals surface area contributed by atoms with E-state index in [0.717, 1.165) is 29.7 Å². The molecule has 0 amide bonds. The smallest absolute Gasteiger partial charge is 0.123 e. The van der Waals surface area contributed by atoms with Crippen LogP contribution in [-0.2, 0) is 11.3 Å². The molecule has 1 aliphatic heterocycles. The summed E-state index contributed by atoms with van der Waals surface area (Å²) in [5, 5.41) is 8.29. The van der Waals surface area contributed by atoms with Crippen molar-refractivity contribution in [1.29, 1.82) is 0 Å². The summed E-state index contributed by atoms with van der Waals surface area (Å²) in [6, 6.07) is 8.26. The SMILES string of the molecule is CCC1CC(N)=NN=C1c1cccc(COC)c1. The molecule has 2 N–H and O–H groups in total. The average molecular weight is 245 g/mol. The highest BCUT2D eigenvalue weighted by Crippen LogP contribution is 2.21. The molecule has 0 saturated carbocycles. The molecule has 4 heteroatoms. The van der Waals surface area contributed by atoms with Gasteiger partial charge < -0.3 is 10.5 Å². The molecular weight excluding hydrogens is 226 g/mol. The first-order valence-electron chi connectivity index (χ1n) is 6.22. The quantitative estimate of drug-likeness (QED) is 0.885. The second kappa shape index (κ2) is 5.78. The highest BCUT2D eigenvalue weighted by Gasteiger charge is 2.21. The first-order valence-corrected chi connectivity index (χ1v) is 6.22. The van der Waals surface area contributed by atoms with Crippen molar-refractivity contribution in [3.8, 4) is 0 Å². The van der Waals surface area contributed by atoms with E-state index >= 15 is 0 Å². The summed E-state index contributed by atoms with van der Waals surface area (Å²) in [6.45, 7) is 2.76. The molecule has 1 aromatic carbocycles. The maximum Gasteiger partial charge on any atom is 0.123 e. The summed E-state index contributed by atoms with van der Waals surface area (Å²) < 4.78 is 5.15. The highest BCUT2D eigenvalue weighted by atomic mass is 16.5. The minimum Gasteiger partial charge on any atom is -0.386 e. The number of rotatable bonds is 4. The molecule has 96 valence electrons. The molecule has 0 spiro atoms. The highest BCUT2D eigenvalue weighted by molar-refractivity contribution is 6.05. The van der Waals surface area contributed by atoms with E-state index < -0.39 is 0 Å². The van der Waals surface area contributed by atoms with Gasteiger partial charge in [0.05, 0.1) is 12.3 Å². The van der Waals surface area contributed by atoms with E-state index in [2.05, 4.69) is 35.3 Å². The van der Waals surface area contributed by atoms with E-state index in [0.29, 0.717) is 18.4 Å². The number of amidine groups is 1. The summed E-state index contributed by atoms with van der Waals surface area (Å²) >= 11 is 0. The van der Waals surface area contributed by atoms with E-state index in [1.54, 1.807) is 7.11 Å². The molecule has 1 aromatic rings. The van der Waals surface area contributed by atoms with Crippen LogP contribution in [0.2, 0.25) is 0 Å². The van der Waals surface area contributed by atoms with Gasteiger partial charge >= 0.3 is 0 Å². The molecule has 4 nitrogen and oxygen atoms in total. The third-order valence-corrected chi connectivity index (χ3v) is 3.15. The van der Waals surface area contributed by atoms with Crippen molar-refractivity contribution in [2.75, 3.05) is 7.11 Å². The fraction of sp³-hybridized carbons (Fsp3) is 0.429. The minimum absolute atomic E-state index is 0.361. The molecule has 1 heterocycles. The second-order valence-corrected chi connectivity index (χ2v) is 4.52. The fourth-order valence-corrected chi connectivity index (χ4v) is 2.21. The molecule has 1 aliphatic rings. The molecular formula is C14H19N3O. The van der Waals surface area contributed by atoms with Crippen molar-refractivity contribution in [2.24, 2.45) is 21.9 Å². The largest absolute Gasteiger partial charge is 0.386 e. The molecule has 1 unspecified atom stereocenters. The fourth-order valence-electron chi connectivity index (χ4n) is 2.21. The second-order valence-electron chi connectivity index (χ2n) is 4.52. The number of hydrogen-bond acceptors (Lipinski definition) is 4. The number of nitrogens with two attached hydrogens (primary N) is 1. The van der Waals surface area contributed by atoms with E-state index in [1.165, 1.54) is 0 Å². The summed E-state index contributed by atoms with van der Waals surface area (Å²) in [5.41, 5.74) is 9.04. The number of methoxy groups -OCH3 is 1. The van der Waals surface area contributed by atoms with Crippen LogP contribution in [-0.4, -0.2) is 18.7 Å². The van der Waals surface area contributed by atoms with Crippen molar-refractivity contribution in [3.05, 3.63) is 35.4 Å². The van der Waals surface area contributed by atoms with Gasteiger partial charge in [-0.05, 0) is 23.6 Å². The number of nitrogens with zero attached hydrogens (tertiary/aromatic N) is 2. The molecule has 0 bridgehead atoms. The Hall–Kier alpha value is -1.68. The maximum atomic E-state index is 5.74. The average Bonchev–Trinajstić information content (AvgIpc) is 2.39. The standard InChI is InChI=1S/C14H19N3O/c1-3-11-8-13(15)16-17-14(11)12-6-4-5-10(7-12)9-18-2/h4-7,11H,3,8-9H2,1-2H3,(H2,15,16). The zero-order valence-electron chi connectivity index (χ0n) is 10.9. The molecule has 1 atom stereocenters. The normalized spacial score (nSPS) is 19.3. The zero-order chi connectivity index (χ0) is 13.0. The van der Waals surface area contributed by atoms with Crippen LogP contribution in [0.3, 0.4) is 0 Å². The van der Waals surface area contributed by atoms with Crippen molar-refractivity contribution in [1.82, 2.24) is 0 Å². The molecule has 2 rings (SSSR count). The van der Waals surface area contributed by atoms with Crippen LogP contribution in [0.5, 0.6) is 0 Å². The third-order valence-electron chi connectivity index (χ3n) is 3.15. The lowest BCUT2D eigenvalue weighted by Gasteiger charge is -2.20. The summed E-state index contributed by atoms with van der Waals surface area (Å²) in [4.78, 5) is 0. The Balaban J connectivity index is 2.31. The van der Waals surface area contributed by atoms with Gasteiger partial charge in [0.15, 0.2) is 0 Å². The van der Waals surface area contributed by atoms with Crippen molar-refractivity contribution >= 4 is 11.5 Å². The first kappa shape index (κ1) is 12.8. The van der Waals surface area contributed by atoms with Gasteiger partial charge in [0.25, 0.3) is 0 Å². The Morgan fingerprint density at radius 3 is 2.94 bits per heavy atom. The lowest BCUT2D eigenvalue weighted by atomic mass is 9.90. The van der Waals surface area contributed by atoms with Crippen LogP contribution in [0.25, 0.3) is 0 Å². The van der Waals surface area contributed by atoms with Crippen LogP contribution < -0.4 is 5.73 Å². The Morgan fingerprint density at radius 1 is 1.39 bits per heavy atom. The minimum atomic E-state index is 0.361. The van der Waals surface area contributed by atoms with Gasteiger partial charge in [0.1, 0.15) is 5.84 Å². The first-order chi connectivity index (χ1) is 8.74. The third kappa shape index (κ3) is 2.76. The van der Waals surface area contributed by atoms with Gasteiger partial charge in [-0.2, -0.15) is 5.10 Å². The van der Waals surface area contributed by atoms with Crippen LogP contribution >= 0.6 is 0 Å². The molecule has 0 saturated heterocycles. The van der Waals surface area contributed by atoms with Crippen molar-refractivity contribution < 1.29 is 4.74 Å². The molecule has 0 aliphatic carbocycles. The lowest BCUT2D eigenvalue weighted by Crippen LogP contribution is -2.26. The van der Waals surface area contributed by atoms with Crippen LogP contribution in [0, 0.1) is 5.92 Å². The summed E-state index contributed by atoms with van der Waals surface area (Å²) in [5.74, 6) is 0.985. The molecule has 18 heavy (non-hydrogen) atoms. The van der Waals surface area contributed by atoms with E-state index in [-0.39, 0.29) is 0 Å². The monoisotopic (exact) mass is 245 g/mol. The van der Waals surface area contributed by atoms with Crippen LogP contribution in [0.4, 0.5) is 0 Å². The number of ether oxygens (including phenoxy) is 1. The molecule has 0 fully saturated rings. The number of benzene rings is 1. The Labute approximate surface area is 108 Å². The zero-order valence-corrected chi connectivity index (χ0v) is 10.9. The van der Waals surface area contributed by atoms with E-state index in [9.17, 15) is 0 Å². The van der Waals surface area contributed by atoms with Gasteiger partial charge in [-0.25, -0.2) is 0 Å². The summed E-state index contributed by atoms with van der Waals surface area (Å²) in [6.07, 6.45) is 1.81. The van der Waals surface area contributed by atoms with Gasteiger partial charge in [0.2, 0.25) is 0 Å². The summed E-state index contributed by atoms with van der Waals surface area (Å²) in [7, 11) is 1.70. The predicted molar refractivity (Wildman–Crippen MR) is 73.7 cm³/mol. The Morgan fingerprint density at radius 2 is 2.22 bits per heavy atom. The van der Waals surface area contributed by atoms with Crippen LogP contribution in [0.15, 0.2) is 34.5 Å². The topological polar surface area (TPSA) is 60.0 Å². The van der Waals surface area contributed by atoms with E-state index in [4.69, 9.17) is 10.5 Å². The van der Waals surface area contributed by atoms with Crippen LogP contribution in [0.1, 0.15) is 30.9 Å². The van der Waals surface area contributed by atoms with Gasteiger partial charge in [0, 0.05) is 19.4 Å². The van der Waals surface area contributed by atoms with Gasteiger partial charge in [-0.15, -0.1) is 5.10 Å². The maximum absolute atomic E-state index is 5.74. The van der Waals surface area contributed by atoms with Gasteiger partial charge in [-0.3, -0.25) is 0 Å². The lowest BCUT2D eigenvalue weighted by molar-refractivity contribution is 0.185.